The van der Waals surface area contributed by atoms with Gasteiger partial charge >= 0.3 is 0 Å². The fourth-order valence-corrected chi connectivity index (χ4v) is 18.6. The quantitative estimate of drug-likeness (QED) is 0.133. The van der Waals surface area contributed by atoms with Crippen molar-refractivity contribution in [3.63, 3.8) is 0 Å². The maximum Gasteiger partial charge on any atom is 0.0829 e. The molecule has 0 amide bonds. The number of hydrogen-bond acceptors (Lipinski definition) is 0. The summed E-state index contributed by atoms with van der Waals surface area (Å²) in [6.07, 6.45) is 0. The Bertz CT molecular complexity index is 5820. The monoisotopic (exact) mass is 1430 g/mol. The van der Waals surface area contributed by atoms with Crippen LogP contribution in [0.25, 0.3) is 77.9 Å². The minimum absolute atomic E-state index is 0.0461. The third-order valence-electron chi connectivity index (χ3n) is 24.3. The van der Waals surface area contributed by atoms with Crippen molar-refractivity contribution in [2.75, 3.05) is 0 Å². The summed E-state index contributed by atoms with van der Waals surface area (Å²) in [5, 5.41) is 0. The SMILES string of the molecule is [B]C1c2c(C)cccc2-c2cccc(C)c21.[B]C1c2cc(C)ccc2-c2ccc(C)cc21.[B]C1c2cc(C)ccc2-c2cccc(C)c21.[B]C1c2cc(C)ccc2-c2cccc(C)c21.[B]C1c2ccc(C)cc2-c2ccc(C)cc21.[B]C1c2ccc(C)cc2-c2cccc(C)c21.[B]C1c2cccc(C)c2-c2cccc(C)c21. The van der Waals surface area contributed by atoms with Crippen LogP contribution in [0.15, 0.2) is 255 Å². The van der Waals surface area contributed by atoms with Crippen molar-refractivity contribution in [2.45, 2.75) is 138 Å². The molecule has 0 heterocycles. The van der Waals surface area contributed by atoms with Crippen molar-refractivity contribution < 1.29 is 0 Å². The van der Waals surface area contributed by atoms with E-state index < -0.39 is 0 Å². The first-order valence-corrected chi connectivity index (χ1v) is 39.5. The molecule has 5 atom stereocenters. The van der Waals surface area contributed by atoms with E-state index in [0.29, 0.717) is 0 Å². The first-order valence-electron chi connectivity index (χ1n) is 39.5. The van der Waals surface area contributed by atoms with E-state index in [-0.39, 0.29) is 40.7 Å². The highest BCUT2D eigenvalue weighted by Gasteiger charge is 2.33. The summed E-state index contributed by atoms with van der Waals surface area (Å²) in [4.78, 5) is 0. The van der Waals surface area contributed by atoms with Gasteiger partial charge in [-0.05, 0) is 332 Å². The van der Waals surface area contributed by atoms with Crippen LogP contribution in [0.4, 0.5) is 0 Å². The maximum absolute atomic E-state index is 6.36. The Balaban J connectivity index is 0.000000103. The molecule has 0 saturated heterocycles. The third-order valence-corrected chi connectivity index (χ3v) is 24.3. The number of fused-ring (bicyclic) bond motifs is 21. The normalized spacial score (nSPS) is 16.0. The third kappa shape index (κ3) is 14.0. The molecule has 7 aliphatic carbocycles. The van der Waals surface area contributed by atoms with E-state index in [1.54, 1.807) is 0 Å². The number of rotatable bonds is 0. The minimum Gasteiger partial charge on any atom is -0.0617 e. The molecule has 7 heteroatoms. The molecule has 21 rings (SSSR count). The molecule has 14 radical (unpaired) electrons. The van der Waals surface area contributed by atoms with Crippen LogP contribution in [-0.4, -0.2) is 54.9 Å². The molecule has 112 heavy (non-hydrogen) atoms. The zero-order valence-corrected chi connectivity index (χ0v) is 67.3. The lowest BCUT2D eigenvalue weighted by atomic mass is 9.76. The second-order valence-electron chi connectivity index (χ2n) is 32.2. The zero-order valence-electron chi connectivity index (χ0n) is 67.3. The van der Waals surface area contributed by atoms with E-state index in [1.807, 2.05) is 0 Å². The zero-order chi connectivity index (χ0) is 79.0. The van der Waals surface area contributed by atoms with Crippen LogP contribution in [0.2, 0.25) is 0 Å². The van der Waals surface area contributed by atoms with E-state index >= 15 is 0 Å². The fourth-order valence-electron chi connectivity index (χ4n) is 18.6. The Morgan fingerprint density at radius 2 is 0.366 bits per heavy atom. The average molecular weight is 1430 g/mol. The molecule has 0 aliphatic heterocycles. The van der Waals surface area contributed by atoms with Crippen molar-refractivity contribution in [1.82, 2.24) is 0 Å². The van der Waals surface area contributed by atoms with Gasteiger partial charge in [-0.2, -0.15) is 0 Å². The molecule has 0 aromatic heterocycles. The predicted molar refractivity (Wildman–Crippen MR) is 483 cm³/mol. The summed E-state index contributed by atoms with van der Waals surface area (Å²) in [7, 11) is 44.2. The molecule has 0 nitrogen and oxygen atoms in total. The number of benzene rings is 14. The van der Waals surface area contributed by atoms with E-state index in [4.69, 9.17) is 54.9 Å². The van der Waals surface area contributed by atoms with Crippen LogP contribution in [0.3, 0.4) is 0 Å². The Morgan fingerprint density at radius 3 is 0.732 bits per heavy atom. The van der Waals surface area contributed by atoms with Crippen LogP contribution in [0.5, 0.6) is 0 Å². The molecule has 0 spiro atoms. The highest BCUT2D eigenvalue weighted by molar-refractivity contribution is 6.21. The molecule has 14 aromatic carbocycles. The van der Waals surface area contributed by atoms with Crippen molar-refractivity contribution >= 4 is 54.9 Å². The molecule has 532 valence electrons. The van der Waals surface area contributed by atoms with E-state index in [0.717, 1.165) is 0 Å². The van der Waals surface area contributed by atoms with Gasteiger partial charge in [0.1, 0.15) is 0 Å². The number of aryl methyl sites for hydroxylation is 14. The summed E-state index contributed by atoms with van der Waals surface area (Å²) < 4.78 is 0. The first-order chi connectivity index (χ1) is 53.8. The van der Waals surface area contributed by atoms with E-state index in [9.17, 15) is 0 Å². The lowest BCUT2D eigenvalue weighted by Gasteiger charge is -2.11. The van der Waals surface area contributed by atoms with Gasteiger partial charge in [-0.3, -0.25) is 0 Å². The molecule has 0 saturated carbocycles. The molecule has 14 aromatic rings. The molecule has 5 unspecified atom stereocenters. The Morgan fingerprint density at radius 1 is 0.152 bits per heavy atom. The van der Waals surface area contributed by atoms with Crippen LogP contribution in [0.1, 0.15) is 196 Å². The van der Waals surface area contributed by atoms with Gasteiger partial charge < -0.3 is 0 Å². The van der Waals surface area contributed by atoms with Crippen LogP contribution in [-0.2, 0) is 0 Å². The molecule has 0 N–H and O–H groups in total. The van der Waals surface area contributed by atoms with Crippen LogP contribution >= 0.6 is 0 Å². The largest absolute Gasteiger partial charge is 0.0829 e. The molecule has 0 bridgehead atoms. The lowest BCUT2D eigenvalue weighted by molar-refractivity contribution is 1.14. The summed E-state index contributed by atoms with van der Waals surface area (Å²) in [5.41, 5.74) is 54.3. The van der Waals surface area contributed by atoms with Crippen molar-refractivity contribution in [3.8, 4) is 77.9 Å². The predicted octanol–water partition coefficient (Wildman–Crippen LogP) is 24.8. The summed E-state index contributed by atoms with van der Waals surface area (Å²) in [6, 6.07) is 90.7. The maximum atomic E-state index is 6.36. The van der Waals surface area contributed by atoms with Gasteiger partial charge in [0.25, 0.3) is 0 Å². The van der Waals surface area contributed by atoms with Crippen molar-refractivity contribution in [1.29, 1.82) is 0 Å². The van der Waals surface area contributed by atoms with Gasteiger partial charge in [0, 0.05) is 0 Å². The van der Waals surface area contributed by atoms with Gasteiger partial charge in [0.2, 0.25) is 0 Å². The van der Waals surface area contributed by atoms with Gasteiger partial charge in [0.05, 0.1) is 54.9 Å². The Hall–Kier alpha value is -10.5. The molecule has 0 fully saturated rings. The van der Waals surface area contributed by atoms with Gasteiger partial charge in [-0.25, -0.2) is 0 Å². The fraction of sp³-hybridized carbons (Fsp3) is 0.200. The minimum atomic E-state index is 0.0461. The average Bonchev–Trinajstić information content (AvgIpc) is 1.61. The molecular weight excluding hydrogens is 1340 g/mol. The summed E-state index contributed by atoms with van der Waals surface area (Å²) in [5.74, 6) is 0.331. The van der Waals surface area contributed by atoms with Crippen LogP contribution < -0.4 is 0 Å². The van der Waals surface area contributed by atoms with Gasteiger partial charge in [-0.15, -0.1) is 0 Å². The lowest BCUT2D eigenvalue weighted by Crippen LogP contribution is -1.99. The highest BCUT2D eigenvalue weighted by atomic mass is 14.3. The topological polar surface area (TPSA) is 0 Å². The Labute approximate surface area is 676 Å². The van der Waals surface area contributed by atoms with Crippen molar-refractivity contribution in [3.05, 3.63) is 411 Å². The van der Waals surface area contributed by atoms with Gasteiger partial charge in [0.15, 0.2) is 0 Å². The highest BCUT2D eigenvalue weighted by Crippen LogP contribution is 2.52. The smallest absolute Gasteiger partial charge is 0.0617 e. The van der Waals surface area contributed by atoms with E-state index in [1.165, 1.54) is 234 Å². The van der Waals surface area contributed by atoms with E-state index in [2.05, 4.69) is 352 Å². The van der Waals surface area contributed by atoms with Gasteiger partial charge in [-0.1, -0.05) is 294 Å². The molecular formula is C105H91B7. The first kappa shape index (κ1) is 76.9. The summed E-state index contributed by atoms with van der Waals surface area (Å²) >= 11 is 0. The molecule has 7 aliphatic rings. The van der Waals surface area contributed by atoms with Crippen LogP contribution in [0, 0.1) is 96.9 Å². The second-order valence-corrected chi connectivity index (χ2v) is 32.2. The standard InChI is InChI=1S/7C15H13B/c1-9-5-4-8-12-13(9)11-7-3-6-10(2)14(11)15(12)16;1-9-4-6-12-13(7-9)11-5-3-10(2)8-14(11)15(12)16;1-9-3-5-11-12-6-4-10(2)8-14(12)15(16)13(11)7-9;1-9-5-3-7-11-12-8-4-6-10(2)14(12)15(16)13(9)11;2*1-9-6-7-11-12-5-3-4-10(2)14(12)15(16)13(11)8-9;1-9-6-7-12-13(8-9)11-5-3-4-10(2)14(11)15(12)16/h7*3-8,15H,1-2H3. The Kier molecular flexibility index (Phi) is 21.4. The van der Waals surface area contributed by atoms with Crippen molar-refractivity contribution in [2.24, 2.45) is 0 Å². The number of hydrogen-bond donors (Lipinski definition) is 0. The summed E-state index contributed by atoms with van der Waals surface area (Å²) in [6.45, 7) is 29.8. The second kappa shape index (κ2) is 31.2.